The molecule has 0 unspecified atom stereocenters. The Morgan fingerprint density at radius 3 is 2.86 bits per heavy atom. The maximum absolute atomic E-state index is 12.9. The maximum atomic E-state index is 12.9. The van der Waals surface area contributed by atoms with Gasteiger partial charge in [-0.05, 0) is 37.6 Å². The highest BCUT2D eigenvalue weighted by Crippen LogP contribution is 2.08. The first-order valence-corrected chi connectivity index (χ1v) is 7.05. The summed E-state index contributed by atoms with van der Waals surface area (Å²) in [4.78, 5) is 11.6. The quantitative estimate of drug-likeness (QED) is 0.612. The molecule has 118 valence electrons. The summed E-state index contributed by atoms with van der Waals surface area (Å²) < 4.78 is 23.1. The lowest BCUT2D eigenvalue weighted by atomic mass is 10.3. The van der Waals surface area contributed by atoms with Gasteiger partial charge in [-0.1, -0.05) is 6.07 Å². The standard InChI is InChI=1S/C15H23FN2O3/c1-20-9-10-21-8-3-2-7-17-12-15(19)18-14-6-4-5-13(16)11-14/h4-6,11,17H,2-3,7-10,12H2,1H3,(H,18,19). The number of carbonyl (C=O) groups excluding carboxylic acids is 1. The van der Waals surface area contributed by atoms with Crippen molar-refractivity contribution in [3.05, 3.63) is 30.1 Å². The van der Waals surface area contributed by atoms with Gasteiger partial charge < -0.3 is 20.1 Å². The minimum atomic E-state index is -0.366. The number of hydrogen-bond acceptors (Lipinski definition) is 4. The average Bonchev–Trinajstić information content (AvgIpc) is 2.45. The third kappa shape index (κ3) is 9.12. The highest BCUT2D eigenvalue weighted by Gasteiger charge is 2.02. The fourth-order valence-electron chi connectivity index (χ4n) is 1.67. The zero-order chi connectivity index (χ0) is 15.3. The molecule has 0 bridgehead atoms. The molecule has 0 fully saturated rings. The molecule has 0 spiro atoms. The SMILES string of the molecule is COCCOCCCCNCC(=O)Nc1cccc(F)c1. The number of halogens is 1. The van der Waals surface area contributed by atoms with Gasteiger partial charge in [-0.3, -0.25) is 4.79 Å². The third-order valence-electron chi connectivity index (χ3n) is 2.72. The van der Waals surface area contributed by atoms with Gasteiger partial charge in [0.2, 0.25) is 5.91 Å². The summed E-state index contributed by atoms with van der Waals surface area (Å²) in [6, 6.07) is 5.83. The number of unbranched alkanes of at least 4 members (excludes halogenated alkanes) is 1. The molecule has 0 saturated carbocycles. The summed E-state index contributed by atoms with van der Waals surface area (Å²) in [5.41, 5.74) is 0.466. The van der Waals surface area contributed by atoms with Gasteiger partial charge in [0.15, 0.2) is 0 Å². The van der Waals surface area contributed by atoms with Crippen LogP contribution in [0.1, 0.15) is 12.8 Å². The predicted molar refractivity (Wildman–Crippen MR) is 79.8 cm³/mol. The molecule has 1 amide bonds. The second-order valence-corrected chi connectivity index (χ2v) is 4.55. The van der Waals surface area contributed by atoms with Gasteiger partial charge in [-0.25, -0.2) is 4.39 Å². The minimum absolute atomic E-state index is 0.183. The van der Waals surface area contributed by atoms with Crippen molar-refractivity contribution >= 4 is 11.6 Å². The second-order valence-electron chi connectivity index (χ2n) is 4.55. The van der Waals surface area contributed by atoms with Gasteiger partial charge in [0, 0.05) is 19.4 Å². The molecule has 0 aliphatic heterocycles. The van der Waals surface area contributed by atoms with E-state index in [-0.39, 0.29) is 18.3 Å². The molecule has 0 heterocycles. The van der Waals surface area contributed by atoms with Crippen molar-refractivity contribution in [1.82, 2.24) is 5.32 Å². The fourth-order valence-corrected chi connectivity index (χ4v) is 1.67. The minimum Gasteiger partial charge on any atom is -0.382 e. The monoisotopic (exact) mass is 298 g/mol. The Morgan fingerprint density at radius 1 is 1.24 bits per heavy atom. The Hall–Kier alpha value is -1.50. The molecule has 1 rings (SSSR count). The Morgan fingerprint density at radius 2 is 2.10 bits per heavy atom. The summed E-state index contributed by atoms with van der Waals surface area (Å²) in [7, 11) is 1.64. The molecule has 0 saturated heterocycles. The zero-order valence-corrected chi connectivity index (χ0v) is 12.4. The van der Waals surface area contributed by atoms with Crippen LogP contribution in [0.2, 0.25) is 0 Å². The van der Waals surface area contributed by atoms with E-state index >= 15 is 0 Å². The number of hydrogen-bond donors (Lipinski definition) is 2. The molecule has 5 nitrogen and oxygen atoms in total. The molecule has 0 aromatic heterocycles. The molecular weight excluding hydrogens is 275 g/mol. The summed E-state index contributed by atoms with van der Waals surface area (Å²) in [5.74, 6) is -0.550. The largest absolute Gasteiger partial charge is 0.382 e. The number of anilines is 1. The van der Waals surface area contributed by atoms with Crippen molar-refractivity contribution in [2.75, 3.05) is 45.3 Å². The van der Waals surface area contributed by atoms with E-state index in [1.165, 1.54) is 12.1 Å². The number of nitrogens with one attached hydrogen (secondary N) is 2. The highest BCUT2D eigenvalue weighted by atomic mass is 19.1. The molecule has 1 aromatic rings. The normalized spacial score (nSPS) is 10.6. The smallest absolute Gasteiger partial charge is 0.238 e. The van der Waals surface area contributed by atoms with E-state index in [0.29, 0.717) is 25.5 Å². The van der Waals surface area contributed by atoms with E-state index in [2.05, 4.69) is 10.6 Å². The summed E-state index contributed by atoms with van der Waals surface area (Å²) in [6.07, 6.45) is 1.86. The number of methoxy groups -OCH3 is 1. The van der Waals surface area contributed by atoms with Gasteiger partial charge in [0.25, 0.3) is 0 Å². The molecule has 0 aliphatic carbocycles. The lowest BCUT2D eigenvalue weighted by molar-refractivity contribution is -0.115. The first-order chi connectivity index (χ1) is 10.2. The lowest BCUT2D eigenvalue weighted by Crippen LogP contribution is -2.28. The van der Waals surface area contributed by atoms with E-state index in [1.54, 1.807) is 19.2 Å². The molecule has 1 aromatic carbocycles. The van der Waals surface area contributed by atoms with E-state index in [1.807, 2.05) is 0 Å². The Labute approximate surface area is 124 Å². The van der Waals surface area contributed by atoms with Crippen LogP contribution in [0.25, 0.3) is 0 Å². The summed E-state index contributed by atoms with van der Waals surface area (Å²) in [6.45, 7) is 2.87. The fraction of sp³-hybridized carbons (Fsp3) is 0.533. The van der Waals surface area contributed by atoms with Crippen LogP contribution in [-0.4, -0.2) is 45.9 Å². The molecule has 6 heteroatoms. The molecule has 21 heavy (non-hydrogen) atoms. The van der Waals surface area contributed by atoms with Crippen LogP contribution in [0.5, 0.6) is 0 Å². The van der Waals surface area contributed by atoms with Crippen LogP contribution < -0.4 is 10.6 Å². The number of amides is 1. The number of rotatable bonds is 11. The predicted octanol–water partition coefficient (Wildman–Crippen LogP) is 1.80. The zero-order valence-electron chi connectivity index (χ0n) is 12.4. The van der Waals surface area contributed by atoms with Crippen LogP contribution in [0.3, 0.4) is 0 Å². The first-order valence-electron chi connectivity index (χ1n) is 7.05. The van der Waals surface area contributed by atoms with Gasteiger partial charge in [-0.15, -0.1) is 0 Å². The Balaban J connectivity index is 1.99. The number of ether oxygens (including phenoxy) is 2. The van der Waals surface area contributed by atoms with Crippen LogP contribution in [0.15, 0.2) is 24.3 Å². The number of benzene rings is 1. The first kappa shape index (κ1) is 17.6. The van der Waals surface area contributed by atoms with Crippen molar-refractivity contribution in [3.63, 3.8) is 0 Å². The van der Waals surface area contributed by atoms with Crippen molar-refractivity contribution in [2.24, 2.45) is 0 Å². The van der Waals surface area contributed by atoms with Crippen LogP contribution in [0, 0.1) is 5.82 Å². The Kier molecular flexibility index (Phi) is 9.35. The molecule has 0 radical (unpaired) electrons. The van der Waals surface area contributed by atoms with Gasteiger partial charge in [0.1, 0.15) is 5.82 Å². The van der Waals surface area contributed by atoms with Crippen molar-refractivity contribution in [1.29, 1.82) is 0 Å². The topological polar surface area (TPSA) is 59.6 Å². The lowest BCUT2D eigenvalue weighted by Gasteiger charge is -2.07. The maximum Gasteiger partial charge on any atom is 0.238 e. The van der Waals surface area contributed by atoms with E-state index in [0.717, 1.165) is 19.4 Å². The Bertz CT molecular complexity index is 416. The van der Waals surface area contributed by atoms with Crippen molar-refractivity contribution < 1.29 is 18.7 Å². The van der Waals surface area contributed by atoms with E-state index in [4.69, 9.17) is 9.47 Å². The molecule has 2 N–H and O–H groups in total. The van der Waals surface area contributed by atoms with E-state index in [9.17, 15) is 9.18 Å². The molecule has 0 aliphatic rings. The van der Waals surface area contributed by atoms with Gasteiger partial charge >= 0.3 is 0 Å². The highest BCUT2D eigenvalue weighted by molar-refractivity contribution is 5.92. The molecule has 0 atom stereocenters. The second kappa shape index (κ2) is 11.2. The third-order valence-corrected chi connectivity index (χ3v) is 2.72. The number of carbonyl (C=O) groups is 1. The summed E-state index contributed by atoms with van der Waals surface area (Å²) >= 11 is 0. The summed E-state index contributed by atoms with van der Waals surface area (Å²) in [5, 5.41) is 5.66. The van der Waals surface area contributed by atoms with Crippen molar-refractivity contribution in [3.8, 4) is 0 Å². The van der Waals surface area contributed by atoms with Gasteiger partial charge in [0.05, 0.1) is 19.8 Å². The van der Waals surface area contributed by atoms with Crippen LogP contribution in [-0.2, 0) is 14.3 Å². The van der Waals surface area contributed by atoms with E-state index < -0.39 is 0 Å². The average molecular weight is 298 g/mol. The molecular formula is C15H23FN2O3. The van der Waals surface area contributed by atoms with Crippen LogP contribution >= 0.6 is 0 Å². The van der Waals surface area contributed by atoms with Crippen molar-refractivity contribution in [2.45, 2.75) is 12.8 Å². The van der Waals surface area contributed by atoms with Crippen LogP contribution in [0.4, 0.5) is 10.1 Å². The van der Waals surface area contributed by atoms with Gasteiger partial charge in [-0.2, -0.15) is 0 Å².